The van der Waals surface area contributed by atoms with E-state index in [9.17, 15) is 22.0 Å². The zero-order valence-electron chi connectivity index (χ0n) is 13.4. The fourth-order valence-electron chi connectivity index (χ4n) is 2.82. The second-order valence-electron chi connectivity index (χ2n) is 6.01. The van der Waals surface area contributed by atoms with Crippen molar-refractivity contribution in [3.63, 3.8) is 0 Å². The van der Waals surface area contributed by atoms with Gasteiger partial charge in [-0.25, -0.2) is 8.78 Å². The first kappa shape index (κ1) is 18.7. The number of hydrogen-bond donors (Lipinski definition) is 0. The molecule has 1 fully saturated rings. The quantitative estimate of drug-likeness (QED) is 0.514. The van der Waals surface area contributed by atoms with Crippen molar-refractivity contribution in [2.45, 2.75) is 51.3 Å². The van der Waals surface area contributed by atoms with E-state index in [1.165, 1.54) is 5.92 Å². The van der Waals surface area contributed by atoms with Crippen LogP contribution in [0.1, 0.15) is 56.3 Å². The molecular weight excluding hydrogens is 327 g/mol. The Bertz CT molecular complexity index is 596. The summed E-state index contributed by atoms with van der Waals surface area (Å²) in [5.41, 5.74) is -0.566. The highest BCUT2D eigenvalue weighted by Gasteiger charge is 2.26. The molecule has 1 aromatic rings. The Hall–Kier alpha value is -1.61. The van der Waals surface area contributed by atoms with Gasteiger partial charge in [0.05, 0.1) is 18.3 Å². The molecule has 0 aromatic heterocycles. The summed E-state index contributed by atoms with van der Waals surface area (Å²) in [6.45, 7) is 2.64. The molecule has 2 rings (SSSR count). The van der Waals surface area contributed by atoms with Gasteiger partial charge in [-0.3, -0.25) is 0 Å². The number of rotatable bonds is 4. The minimum atomic E-state index is -4.79. The third-order valence-corrected chi connectivity index (χ3v) is 4.10. The minimum absolute atomic E-state index is 0.302. The Morgan fingerprint density at radius 2 is 1.83 bits per heavy atom. The highest BCUT2D eigenvalue weighted by molar-refractivity contribution is 5.40. The zero-order valence-corrected chi connectivity index (χ0v) is 13.4. The predicted molar refractivity (Wildman–Crippen MR) is 80.2 cm³/mol. The third kappa shape index (κ3) is 5.20. The summed E-state index contributed by atoms with van der Waals surface area (Å²) in [4.78, 5) is 0. The first-order valence-corrected chi connectivity index (χ1v) is 8.00. The van der Waals surface area contributed by atoms with Crippen LogP contribution in [0, 0.1) is 29.4 Å². The summed E-state index contributed by atoms with van der Waals surface area (Å²) in [6, 6.07) is 2.03. The van der Waals surface area contributed by atoms with E-state index >= 15 is 0 Å². The Morgan fingerprint density at radius 1 is 1.17 bits per heavy atom. The molecule has 0 spiro atoms. The summed E-state index contributed by atoms with van der Waals surface area (Å²) in [5, 5.41) is 0. The summed E-state index contributed by atoms with van der Waals surface area (Å²) >= 11 is 0. The SMILES string of the molecule is CCCCC1CCC(c2cc(F)c(C#CC(F)(F)F)c(F)c2)OC1. The van der Waals surface area contributed by atoms with Crippen molar-refractivity contribution in [3.05, 3.63) is 34.9 Å². The molecule has 0 N–H and O–H groups in total. The number of ether oxygens (including phenoxy) is 1. The maximum atomic E-state index is 13.9. The molecule has 0 radical (unpaired) electrons. The Balaban J connectivity index is 2.09. The Morgan fingerprint density at radius 3 is 2.33 bits per heavy atom. The lowest BCUT2D eigenvalue weighted by molar-refractivity contribution is -0.0696. The molecule has 0 amide bonds. The molecule has 1 heterocycles. The van der Waals surface area contributed by atoms with E-state index < -0.39 is 29.5 Å². The minimum Gasteiger partial charge on any atom is -0.373 e. The van der Waals surface area contributed by atoms with Gasteiger partial charge in [0.2, 0.25) is 0 Å². The fraction of sp³-hybridized carbons (Fsp3) is 0.556. The van der Waals surface area contributed by atoms with E-state index in [0.717, 1.165) is 43.7 Å². The molecule has 0 saturated carbocycles. The van der Waals surface area contributed by atoms with Crippen molar-refractivity contribution in [1.82, 2.24) is 0 Å². The van der Waals surface area contributed by atoms with Gasteiger partial charge in [0.25, 0.3) is 0 Å². The summed E-state index contributed by atoms with van der Waals surface area (Å²) in [5.74, 6) is 0.653. The van der Waals surface area contributed by atoms with Gasteiger partial charge in [-0.05, 0) is 42.9 Å². The van der Waals surface area contributed by atoms with Crippen LogP contribution in [0.4, 0.5) is 22.0 Å². The van der Waals surface area contributed by atoms with Gasteiger partial charge in [0, 0.05) is 5.92 Å². The van der Waals surface area contributed by atoms with Crippen LogP contribution < -0.4 is 0 Å². The van der Waals surface area contributed by atoms with Crippen molar-refractivity contribution in [1.29, 1.82) is 0 Å². The van der Waals surface area contributed by atoms with Crippen molar-refractivity contribution < 1.29 is 26.7 Å². The number of benzene rings is 1. The van der Waals surface area contributed by atoms with E-state index in [0.29, 0.717) is 24.5 Å². The van der Waals surface area contributed by atoms with Crippen molar-refractivity contribution in [2.24, 2.45) is 5.92 Å². The first-order chi connectivity index (χ1) is 11.3. The molecule has 132 valence electrons. The van der Waals surface area contributed by atoms with Crippen LogP contribution in [-0.2, 0) is 4.74 Å². The molecule has 2 unspecified atom stereocenters. The van der Waals surface area contributed by atoms with Gasteiger partial charge in [-0.15, -0.1) is 0 Å². The van der Waals surface area contributed by atoms with Crippen LogP contribution in [0.5, 0.6) is 0 Å². The average Bonchev–Trinajstić information content (AvgIpc) is 2.51. The number of halogens is 5. The highest BCUT2D eigenvalue weighted by Crippen LogP contribution is 2.33. The van der Waals surface area contributed by atoms with Crippen LogP contribution in [0.25, 0.3) is 0 Å². The van der Waals surface area contributed by atoms with Crippen LogP contribution in [0.15, 0.2) is 12.1 Å². The fourth-order valence-corrected chi connectivity index (χ4v) is 2.82. The van der Waals surface area contributed by atoms with E-state index in [1.54, 1.807) is 0 Å². The third-order valence-electron chi connectivity index (χ3n) is 4.10. The largest absolute Gasteiger partial charge is 0.458 e. The van der Waals surface area contributed by atoms with Crippen molar-refractivity contribution in [3.8, 4) is 11.8 Å². The maximum Gasteiger partial charge on any atom is 0.458 e. The average molecular weight is 346 g/mol. The van der Waals surface area contributed by atoms with Gasteiger partial charge in [-0.1, -0.05) is 25.7 Å². The molecule has 1 aliphatic rings. The summed E-state index contributed by atoms with van der Waals surface area (Å²) < 4.78 is 69.7. The summed E-state index contributed by atoms with van der Waals surface area (Å²) in [7, 11) is 0. The highest BCUT2D eigenvalue weighted by atomic mass is 19.4. The molecule has 1 aromatic carbocycles. The van der Waals surface area contributed by atoms with E-state index in [1.807, 2.05) is 0 Å². The molecule has 0 bridgehead atoms. The second kappa shape index (κ2) is 7.98. The standard InChI is InChI=1S/C18H19F5O/c1-2-3-4-12-5-6-17(24-11-12)13-9-15(19)14(16(20)10-13)7-8-18(21,22)23/h9-10,12,17H,2-6,11H2,1H3. The van der Waals surface area contributed by atoms with E-state index in [-0.39, 0.29) is 0 Å². The topological polar surface area (TPSA) is 9.23 Å². The van der Waals surface area contributed by atoms with Crippen molar-refractivity contribution in [2.75, 3.05) is 6.61 Å². The predicted octanol–water partition coefficient (Wildman–Crippen LogP) is 5.54. The van der Waals surface area contributed by atoms with Crippen LogP contribution in [0.3, 0.4) is 0 Å². The number of unbranched alkanes of at least 4 members (excludes halogenated alkanes) is 1. The molecule has 1 nitrogen and oxygen atoms in total. The molecule has 2 atom stereocenters. The molecule has 24 heavy (non-hydrogen) atoms. The van der Waals surface area contributed by atoms with Gasteiger partial charge in [-0.2, -0.15) is 13.2 Å². The molecule has 1 aliphatic heterocycles. The normalized spacial score (nSPS) is 21.2. The number of alkyl halides is 3. The molecule has 6 heteroatoms. The maximum absolute atomic E-state index is 13.9. The molecule has 0 aliphatic carbocycles. The van der Waals surface area contributed by atoms with Gasteiger partial charge < -0.3 is 4.74 Å². The molecule has 1 saturated heterocycles. The Kier molecular flexibility index (Phi) is 6.22. The lowest BCUT2D eigenvalue weighted by Gasteiger charge is -2.29. The zero-order chi connectivity index (χ0) is 17.7. The monoisotopic (exact) mass is 346 g/mol. The van der Waals surface area contributed by atoms with Gasteiger partial charge in [0.15, 0.2) is 0 Å². The second-order valence-corrected chi connectivity index (χ2v) is 6.01. The van der Waals surface area contributed by atoms with E-state index in [4.69, 9.17) is 4.74 Å². The number of hydrogen-bond acceptors (Lipinski definition) is 1. The summed E-state index contributed by atoms with van der Waals surface area (Å²) in [6.07, 6.45) is -0.387. The van der Waals surface area contributed by atoms with Crippen LogP contribution >= 0.6 is 0 Å². The van der Waals surface area contributed by atoms with Crippen LogP contribution in [0.2, 0.25) is 0 Å². The van der Waals surface area contributed by atoms with Crippen LogP contribution in [-0.4, -0.2) is 12.8 Å². The van der Waals surface area contributed by atoms with Crippen molar-refractivity contribution >= 4 is 0 Å². The molecular formula is C18H19F5O. The smallest absolute Gasteiger partial charge is 0.373 e. The first-order valence-electron chi connectivity index (χ1n) is 8.00. The van der Waals surface area contributed by atoms with Gasteiger partial charge in [0.1, 0.15) is 11.6 Å². The lowest BCUT2D eigenvalue weighted by Crippen LogP contribution is -2.21. The van der Waals surface area contributed by atoms with E-state index in [2.05, 4.69) is 6.92 Å². The Labute approximate surface area is 138 Å². The lowest BCUT2D eigenvalue weighted by atomic mass is 9.91. The van der Waals surface area contributed by atoms with Gasteiger partial charge >= 0.3 is 6.18 Å².